The van der Waals surface area contributed by atoms with Gasteiger partial charge in [-0.25, -0.2) is 0 Å². The van der Waals surface area contributed by atoms with Gasteiger partial charge in [0.05, 0.1) is 0 Å². The largest absolute Gasteiger partial charge is 0.316 e. The minimum Gasteiger partial charge on any atom is -0.316 e. The van der Waals surface area contributed by atoms with Crippen LogP contribution in [0.2, 0.25) is 0 Å². The maximum atomic E-state index is 4.75. The molecular weight excluding hydrogens is 531 g/mol. The molecule has 0 atom stereocenters. The summed E-state index contributed by atoms with van der Waals surface area (Å²) in [5.41, 5.74) is 12.6. The smallest absolute Gasteiger partial charge is 0.251 e. The van der Waals surface area contributed by atoms with E-state index in [1.54, 1.807) is 0 Å². The quantitative estimate of drug-likeness (QED) is 0.176. The van der Waals surface area contributed by atoms with Gasteiger partial charge >= 0.3 is 0 Å². The van der Waals surface area contributed by atoms with Crippen LogP contribution in [0.25, 0.3) is 21.5 Å². The van der Waals surface area contributed by atoms with Gasteiger partial charge < -0.3 is 9.80 Å². The van der Waals surface area contributed by atoms with Crippen molar-refractivity contribution in [1.29, 1.82) is 0 Å². The number of rotatable bonds is 4. The summed E-state index contributed by atoms with van der Waals surface area (Å²) in [7, 11) is 0. The van der Waals surface area contributed by atoms with E-state index in [4.69, 9.17) is 6.58 Å². The van der Waals surface area contributed by atoms with E-state index < -0.39 is 0 Å². The highest BCUT2D eigenvalue weighted by molar-refractivity contribution is 6.95. The maximum Gasteiger partial charge on any atom is 0.251 e. The topological polar surface area (TPSA) is 6.48 Å². The summed E-state index contributed by atoms with van der Waals surface area (Å²) >= 11 is 0. The molecule has 0 amide bonds. The zero-order chi connectivity index (χ0) is 32.3. The number of hydrogen-bond acceptors (Lipinski definition) is 2. The molecule has 6 rings (SSSR count). The molecule has 0 aliphatic carbocycles. The molecule has 4 aromatic carbocycles. The lowest BCUT2D eigenvalue weighted by atomic mass is 9.32. The first kappa shape index (κ1) is 32.4. The summed E-state index contributed by atoms with van der Waals surface area (Å²) in [6.07, 6.45) is 4.31. The van der Waals surface area contributed by atoms with Gasteiger partial charge in [-0.2, -0.15) is 0 Å². The van der Waals surface area contributed by atoms with Crippen LogP contribution >= 0.6 is 0 Å². The lowest BCUT2D eigenvalue weighted by Gasteiger charge is -2.45. The van der Waals surface area contributed by atoms with E-state index in [-0.39, 0.29) is 6.71 Å². The molecule has 3 heteroatoms. The first-order valence-electron chi connectivity index (χ1n) is 15.9. The Labute approximate surface area is 266 Å². The van der Waals surface area contributed by atoms with E-state index in [0.29, 0.717) is 0 Å². The van der Waals surface area contributed by atoms with Gasteiger partial charge in [-0.05, 0) is 96.8 Å². The molecule has 4 aromatic rings. The lowest BCUT2D eigenvalue weighted by Crippen LogP contribution is -2.56. The van der Waals surface area contributed by atoms with E-state index in [9.17, 15) is 0 Å². The molecule has 0 aromatic heterocycles. The van der Waals surface area contributed by atoms with Crippen molar-refractivity contribution >= 4 is 50.6 Å². The molecule has 2 aliphatic heterocycles. The fourth-order valence-electron chi connectivity index (χ4n) is 6.56. The van der Waals surface area contributed by atoms with Crippen LogP contribution in [0.1, 0.15) is 62.3 Å². The van der Waals surface area contributed by atoms with Gasteiger partial charge in [0.2, 0.25) is 0 Å². The normalized spacial score (nSPS) is 13.7. The number of nitrogens with zero attached hydrogens (tertiary/aromatic N) is 2. The van der Waals surface area contributed by atoms with Gasteiger partial charge in [0.25, 0.3) is 6.71 Å². The van der Waals surface area contributed by atoms with Gasteiger partial charge in [0, 0.05) is 34.2 Å². The molecule has 2 nitrogen and oxygen atoms in total. The summed E-state index contributed by atoms with van der Waals surface area (Å²) in [4.78, 5) is 4.65. The van der Waals surface area contributed by atoms with Crippen molar-refractivity contribution < 1.29 is 0 Å². The predicted octanol–water partition coefficient (Wildman–Crippen LogP) is 10.6. The molecule has 0 bridgehead atoms. The van der Waals surface area contributed by atoms with Crippen LogP contribution in [-0.2, 0) is 0 Å². The fraction of sp³-hybridized carbons (Fsp3) is 0.220. The zero-order valence-electron chi connectivity index (χ0n) is 28.2. The zero-order valence-corrected chi connectivity index (χ0v) is 28.2. The molecule has 0 spiro atoms. The van der Waals surface area contributed by atoms with Crippen molar-refractivity contribution in [2.45, 2.75) is 62.3 Å². The monoisotopic (exact) mass is 578 g/mol. The van der Waals surface area contributed by atoms with Crippen LogP contribution in [0.5, 0.6) is 0 Å². The Bertz CT molecular complexity index is 1860. The van der Waals surface area contributed by atoms with E-state index in [2.05, 4.69) is 136 Å². The van der Waals surface area contributed by atoms with E-state index >= 15 is 0 Å². The van der Waals surface area contributed by atoms with E-state index in [0.717, 1.165) is 28.4 Å². The van der Waals surface area contributed by atoms with Crippen LogP contribution in [0.3, 0.4) is 0 Å². The third kappa shape index (κ3) is 5.72. The first-order valence-corrected chi connectivity index (χ1v) is 15.9. The Morgan fingerprint density at radius 2 is 1.09 bits per heavy atom. The van der Waals surface area contributed by atoms with Gasteiger partial charge in [-0.1, -0.05) is 119 Å². The highest BCUT2D eigenvalue weighted by Crippen LogP contribution is 2.42. The van der Waals surface area contributed by atoms with Crippen molar-refractivity contribution in [3.8, 4) is 0 Å². The van der Waals surface area contributed by atoms with Crippen LogP contribution in [0.15, 0.2) is 144 Å². The molecule has 2 heterocycles. The highest BCUT2D eigenvalue weighted by atomic mass is 15.2. The molecule has 0 fully saturated rings. The second-order valence-electron chi connectivity index (χ2n) is 11.4. The summed E-state index contributed by atoms with van der Waals surface area (Å²) < 4.78 is 0. The number of anilines is 2. The third-order valence-electron chi connectivity index (χ3n) is 8.04. The lowest BCUT2D eigenvalue weighted by molar-refractivity contribution is 1.03. The Morgan fingerprint density at radius 3 is 1.52 bits per heavy atom. The average molecular weight is 579 g/mol. The van der Waals surface area contributed by atoms with E-state index in [1.807, 2.05) is 34.6 Å². The van der Waals surface area contributed by atoms with Crippen molar-refractivity contribution in [3.05, 3.63) is 144 Å². The number of fused-ring (bicyclic) bond motifs is 7. The van der Waals surface area contributed by atoms with Crippen LogP contribution in [0.4, 0.5) is 11.4 Å². The van der Waals surface area contributed by atoms with E-state index in [1.165, 1.54) is 54.9 Å². The Hall–Kier alpha value is -4.50. The minimum atomic E-state index is 0.0522. The second kappa shape index (κ2) is 13.4. The Morgan fingerprint density at radius 1 is 0.659 bits per heavy atom. The third-order valence-corrected chi connectivity index (χ3v) is 8.04. The molecule has 0 saturated carbocycles. The maximum absolute atomic E-state index is 4.75. The standard InChI is InChI=1S/C37H35BN2.2C2H6/c1-23(2)17-25(5)39-27(7)37-28(8)40(26(6)18-24(3)4)36-22-32-16-12-10-14-30(32)20-34(36)38(37)33-19-29-13-9-11-15-31(29)21-35(33)39;2*1-2/h9-22H,1,6-7H2,2-5,8H3;2*1-2H3/b25-17+;;. The molecular formula is C41H47BN2. The molecule has 0 N–H and O–H groups in total. The molecule has 0 unspecified atom stereocenters. The number of allylic oxidation sites excluding steroid dienone is 7. The van der Waals surface area contributed by atoms with Crippen LogP contribution in [0, 0.1) is 0 Å². The number of benzene rings is 4. The minimum absolute atomic E-state index is 0.0522. The molecule has 2 aliphatic rings. The van der Waals surface area contributed by atoms with Gasteiger partial charge in [0.15, 0.2) is 0 Å². The second-order valence-corrected chi connectivity index (χ2v) is 11.4. The molecule has 0 radical (unpaired) electrons. The summed E-state index contributed by atoms with van der Waals surface area (Å²) in [6.45, 7) is 32.2. The summed E-state index contributed by atoms with van der Waals surface area (Å²) in [6, 6.07) is 26.7. The van der Waals surface area contributed by atoms with Crippen LogP contribution in [-0.4, -0.2) is 6.71 Å². The van der Waals surface area contributed by atoms with Crippen molar-refractivity contribution in [2.75, 3.05) is 9.80 Å². The Kier molecular flexibility index (Phi) is 9.90. The first-order chi connectivity index (χ1) is 21.2. The van der Waals surface area contributed by atoms with Gasteiger partial charge in [0.1, 0.15) is 0 Å². The Balaban J connectivity index is 0.00000106. The average Bonchev–Trinajstić information content (AvgIpc) is 3.00. The van der Waals surface area contributed by atoms with Gasteiger partial charge in [-0.3, -0.25) is 0 Å². The summed E-state index contributed by atoms with van der Waals surface area (Å²) in [5.74, 6) is 0. The predicted molar refractivity (Wildman–Crippen MR) is 200 cm³/mol. The van der Waals surface area contributed by atoms with Crippen molar-refractivity contribution in [2.24, 2.45) is 0 Å². The van der Waals surface area contributed by atoms with Crippen LogP contribution < -0.4 is 20.7 Å². The fourth-order valence-corrected chi connectivity index (χ4v) is 6.56. The number of hydrogen-bond donors (Lipinski definition) is 0. The molecule has 224 valence electrons. The van der Waals surface area contributed by atoms with Crippen molar-refractivity contribution in [3.63, 3.8) is 0 Å². The highest BCUT2D eigenvalue weighted by Gasteiger charge is 2.43. The van der Waals surface area contributed by atoms with Crippen molar-refractivity contribution in [1.82, 2.24) is 0 Å². The summed E-state index contributed by atoms with van der Waals surface area (Å²) in [5, 5.41) is 4.93. The molecule has 44 heavy (non-hydrogen) atoms. The SMILES string of the molecule is C=C(C)/C=C(\C)N1C(=C)C2=C(C)N(C(=C)C=C(C)C)c3cc4ccccc4cc3B2c2cc3ccccc3cc21.CC.CC. The van der Waals surface area contributed by atoms with Gasteiger partial charge in [-0.15, -0.1) is 0 Å². The molecule has 0 saturated heterocycles.